The minimum Gasteiger partial charge on any atom is -0.355 e. The number of hydrogen-bond donors (Lipinski definition) is 2. The van der Waals surface area contributed by atoms with E-state index in [4.69, 9.17) is 0 Å². The van der Waals surface area contributed by atoms with Gasteiger partial charge in [-0.15, -0.1) is 0 Å². The lowest BCUT2D eigenvalue weighted by Gasteiger charge is -2.15. The molecule has 0 aliphatic rings. The molecule has 3 rings (SSSR count). The van der Waals surface area contributed by atoms with Crippen molar-refractivity contribution in [3.8, 4) is 0 Å². The van der Waals surface area contributed by atoms with Crippen molar-refractivity contribution in [3.05, 3.63) is 83.9 Å². The summed E-state index contributed by atoms with van der Waals surface area (Å²) in [6.07, 6.45) is 3.34. The van der Waals surface area contributed by atoms with Gasteiger partial charge < -0.3 is 10.6 Å². The molecule has 0 saturated carbocycles. The van der Waals surface area contributed by atoms with E-state index in [0.717, 1.165) is 17.1 Å². The predicted octanol–water partition coefficient (Wildman–Crippen LogP) is 4.27. The first kappa shape index (κ1) is 17.6. The first-order valence-corrected chi connectivity index (χ1v) is 8.63. The lowest BCUT2D eigenvalue weighted by Crippen LogP contribution is -2.24. The van der Waals surface area contributed by atoms with Crippen LogP contribution in [0, 0.1) is 0 Å². The first-order valence-electron chi connectivity index (χ1n) is 8.63. The Labute approximate surface area is 153 Å². The van der Waals surface area contributed by atoms with Gasteiger partial charge in [0.1, 0.15) is 5.69 Å². The van der Waals surface area contributed by atoms with E-state index in [1.165, 1.54) is 5.56 Å². The van der Waals surface area contributed by atoms with Crippen molar-refractivity contribution in [2.75, 3.05) is 5.32 Å². The summed E-state index contributed by atoms with van der Waals surface area (Å²) in [6, 6.07) is 17.4. The number of anilines is 2. The summed E-state index contributed by atoms with van der Waals surface area (Å²) in [5, 5.41) is 6.23. The molecule has 2 N–H and O–H groups in total. The van der Waals surface area contributed by atoms with Crippen LogP contribution in [0.2, 0.25) is 0 Å². The molecule has 0 fully saturated rings. The van der Waals surface area contributed by atoms with Gasteiger partial charge in [0.15, 0.2) is 0 Å². The van der Waals surface area contributed by atoms with Gasteiger partial charge in [-0.25, -0.2) is 0 Å². The third-order valence-electron chi connectivity index (χ3n) is 4.01. The summed E-state index contributed by atoms with van der Waals surface area (Å²) in [4.78, 5) is 20.7. The van der Waals surface area contributed by atoms with E-state index >= 15 is 0 Å². The van der Waals surface area contributed by atoms with Crippen molar-refractivity contribution >= 4 is 17.3 Å². The highest BCUT2D eigenvalue weighted by atomic mass is 16.1. The van der Waals surface area contributed by atoms with E-state index in [-0.39, 0.29) is 5.91 Å². The molecule has 0 radical (unpaired) electrons. The Morgan fingerprint density at radius 3 is 2.58 bits per heavy atom. The smallest absolute Gasteiger partial charge is 0.270 e. The molecule has 1 amide bonds. The molecular weight excluding hydrogens is 324 g/mol. The zero-order valence-corrected chi connectivity index (χ0v) is 14.9. The summed E-state index contributed by atoms with van der Waals surface area (Å²) in [7, 11) is 0. The molecule has 0 saturated heterocycles. The SMILES string of the molecule is CC(C)c1ccccc1Nc1ccnc(C(=O)NCc2ccccn2)c1. The third kappa shape index (κ3) is 4.45. The fourth-order valence-corrected chi connectivity index (χ4v) is 2.67. The van der Waals surface area contributed by atoms with Gasteiger partial charge in [0.25, 0.3) is 5.91 Å². The Bertz CT molecular complexity index is 878. The molecule has 0 unspecified atom stereocenters. The Morgan fingerprint density at radius 2 is 1.81 bits per heavy atom. The van der Waals surface area contributed by atoms with Gasteiger partial charge in [0.2, 0.25) is 0 Å². The van der Waals surface area contributed by atoms with Crippen LogP contribution < -0.4 is 10.6 Å². The highest BCUT2D eigenvalue weighted by Gasteiger charge is 2.10. The maximum absolute atomic E-state index is 12.4. The molecule has 3 aromatic rings. The highest BCUT2D eigenvalue weighted by molar-refractivity contribution is 5.93. The molecule has 0 spiro atoms. The van der Waals surface area contributed by atoms with Gasteiger partial charge in [-0.2, -0.15) is 0 Å². The quantitative estimate of drug-likeness (QED) is 0.699. The molecule has 5 heteroatoms. The molecular formula is C21H22N4O. The van der Waals surface area contributed by atoms with E-state index in [1.54, 1.807) is 18.5 Å². The monoisotopic (exact) mass is 346 g/mol. The first-order chi connectivity index (χ1) is 12.6. The average molecular weight is 346 g/mol. The van der Waals surface area contributed by atoms with Crippen LogP contribution in [0.25, 0.3) is 0 Å². The van der Waals surface area contributed by atoms with Crippen molar-refractivity contribution in [2.45, 2.75) is 26.3 Å². The molecule has 0 aliphatic carbocycles. The van der Waals surface area contributed by atoms with Crippen molar-refractivity contribution in [1.29, 1.82) is 0 Å². The Kier molecular flexibility index (Phi) is 5.59. The van der Waals surface area contributed by atoms with E-state index in [2.05, 4.69) is 40.5 Å². The largest absolute Gasteiger partial charge is 0.355 e. The van der Waals surface area contributed by atoms with Gasteiger partial charge in [0.05, 0.1) is 12.2 Å². The minimum absolute atomic E-state index is 0.226. The van der Waals surface area contributed by atoms with E-state index in [0.29, 0.717) is 18.2 Å². The van der Waals surface area contributed by atoms with Gasteiger partial charge >= 0.3 is 0 Å². The topological polar surface area (TPSA) is 66.9 Å². The fourth-order valence-electron chi connectivity index (χ4n) is 2.67. The zero-order valence-electron chi connectivity index (χ0n) is 14.9. The molecule has 2 heterocycles. The second kappa shape index (κ2) is 8.25. The van der Waals surface area contributed by atoms with Crippen molar-refractivity contribution < 1.29 is 4.79 Å². The molecule has 0 bridgehead atoms. The molecule has 5 nitrogen and oxygen atoms in total. The standard InChI is InChI=1S/C21H22N4O/c1-15(2)18-8-3-4-9-19(18)25-16-10-12-23-20(13-16)21(26)24-14-17-7-5-6-11-22-17/h3-13,15H,14H2,1-2H3,(H,23,25)(H,24,26). The molecule has 1 aromatic carbocycles. The fraction of sp³-hybridized carbons (Fsp3) is 0.190. The number of pyridine rings is 2. The predicted molar refractivity (Wildman–Crippen MR) is 103 cm³/mol. The van der Waals surface area contributed by atoms with Crippen molar-refractivity contribution in [1.82, 2.24) is 15.3 Å². The second-order valence-electron chi connectivity index (χ2n) is 6.30. The highest BCUT2D eigenvalue weighted by Crippen LogP contribution is 2.26. The number of rotatable bonds is 6. The van der Waals surface area contributed by atoms with E-state index in [9.17, 15) is 4.79 Å². The Hall–Kier alpha value is -3.21. The number of para-hydroxylation sites is 1. The normalized spacial score (nSPS) is 10.6. The molecule has 0 atom stereocenters. The molecule has 2 aromatic heterocycles. The summed E-state index contributed by atoms with van der Waals surface area (Å²) < 4.78 is 0. The summed E-state index contributed by atoms with van der Waals surface area (Å²) in [6.45, 7) is 4.68. The average Bonchev–Trinajstić information content (AvgIpc) is 2.67. The minimum atomic E-state index is -0.226. The van der Waals surface area contributed by atoms with E-state index < -0.39 is 0 Å². The second-order valence-corrected chi connectivity index (χ2v) is 6.30. The number of hydrogen-bond acceptors (Lipinski definition) is 4. The number of carbonyl (C=O) groups is 1. The van der Waals surface area contributed by atoms with Gasteiger partial charge in [-0.1, -0.05) is 38.1 Å². The summed E-state index contributed by atoms with van der Waals surface area (Å²) >= 11 is 0. The zero-order chi connectivity index (χ0) is 18.4. The summed E-state index contributed by atoms with van der Waals surface area (Å²) in [5.74, 6) is 0.179. The maximum Gasteiger partial charge on any atom is 0.270 e. The van der Waals surface area contributed by atoms with Crippen LogP contribution in [0.5, 0.6) is 0 Å². The van der Waals surface area contributed by atoms with Crippen LogP contribution in [0.4, 0.5) is 11.4 Å². The summed E-state index contributed by atoms with van der Waals surface area (Å²) in [5.41, 5.74) is 4.27. The number of carbonyl (C=O) groups excluding carboxylic acids is 1. The van der Waals surface area contributed by atoms with Crippen LogP contribution in [0.15, 0.2) is 67.0 Å². The number of nitrogens with zero attached hydrogens (tertiary/aromatic N) is 2. The van der Waals surface area contributed by atoms with Gasteiger partial charge in [0, 0.05) is 23.8 Å². The van der Waals surface area contributed by atoms with Crippen LogP contribution in [-0.2, 0) is 6.54 Å². The molecule has 26 heavy (non-hydrogen) atoms. The van der Waals surface area contributed by atoms with Crippen LogP contribution >= 0.6 is 0 Å². The maximum atomic E-state index is 12.4. The van der Waals surface area contributed by atoms with Gasteiger partial charge in [-0.3, -0.25) is 14.8 Å². The van der Waals surface area contributed by atoms with Crippen LogP contribution in [-0.4, -0.2) is 15.9 Å². The third-order valence-corrected chi connectivity index (χ3v) is 4.01. The lowest BCUT2D eigenvalue weighted by molar-refractivity contribution is 0.0945. The molecule has 132 valence electrons. The number of nitrogens with one attached hydrogen (secondary N) is 2. The van der Waals surface area contributed by atoms with Crippen LogP contribution in [0.3, 0.4) is 0 Å². The Morgan fingerprint density at radius 1 is 1.00 bits per heavy atom. The van der Waals surface area contributed by atoms with Gasteiger partial charge in [-0.05, 0) is 41.8 Å². The van der Waals surface area contributed by atoms with Crippen LogP contribution in [0.1, 0.15) is 41.5 Å². The lowest BCUT2D eigenvalue weighted by atomic mass is 10.0. The number of amides is 1. The Balaban J connectivity index is 1.71. The number of aromatic nitrogens is 2. The van der Waals surface area contributed by atoms with E-state index in [1.807, 2.05) is 42.5 Å². The van der Waals surface area contributed by atoms with Crippen molar-refractivity contribution in [2.24, 2.45) is 0 Å². The molecule has 0 aliphatic heterocycles. The van der Waals surface area contributed by atoms with Crippen molar-refractivity contribution in [3.63, 3.8) is 0 Å². The number of benzene rings is 1.